The number of hydrogen-bond acceptors (Lipinski definition) is 4. The Morgan fingerprint density at radius 1 is 1.08 bits per heavy atom. The molecule has 4 nitrogen and oxygen atoms in total. The van der Waals surface area contributed by atoms with E-state index in [2.05, 4.69) is 5.32 Å². The number of thiazole rings is 1. The van der Waals surface area contributed by atoms with Gasteiger partial charge in [-0.2, -0.15) is 0 Å². The summed E-state index contributed by atoms with van der Waals surface area (Å²) in [7, 11) is 1.66. The van der Waals surface area contributed by atoms with E-state index >= 15 is 0 Å². The molecule has 1 heterocycles. The van der Waals surface area contributed by atoms with Gasteiger partial charge in [0.25, 0.3) is 0 Å². The summed E-state index contributed by atoms with van der Waals surface area (Å²) in [6.07, 6.45) is 0. The van der Waals surface area contributed by atoms with Gasteiger partial charge in [-0.25, -0.2) is 4.98 Å². The van der Waals surface area contributed by atoms with E-state index in [9.17, 15) is 4.79 Å². The van der Waals surface area contributed by atoms with Crippen LogP contribution < -0.4 is 10.1 Å². The lowest BCUT2D eigenvalue weighted by molar-refractivity contribution is -0.123. The largest absolute Gasteiger partial charge is 0.497 e. The molecule has 0 spiro atoms. The third-order valence-corrected chi connectivity index (χ3v) is 4.83. The summed E-state index contributed by atoms with van der Waals surface area (Å²) in [5, 5.41) is 5.92. The number of hydrogen-bond donors (Lipinski definition) is 1. The van der Waals surface area contributed by atoms with Crippen molar-refractivity contribution in [3.05, 3.63) is 53.9 Å². The molecule has 134 valence electrons. The highest BCUT2D eigenvalue weighted by Gasteiger charge is 2.21. The van der Waals surface area contributed by atoms with Gasteiger partial charge in [0.05, 0.1) is 12.8 Å². The highest BCUT2D eigenvalue weighted by atomic mass is 32.1. The Bertz CT molecular complexity index is 908. The molecule has 3 aromatic rings. The highest BCUT2D eigenvalue weighted by Crippen LogP contribution is 2.31. The quantitative estimate of drug-likeness (QED) is 0.666. The SMILES string of the molecule is COc1cccc(-c2nc(-c3ccc(NC(=O)C(C)(C)C)cc3)cs2)c1. The first-order valence-electron chi connectivity index (χ1n) is 8.38. The van der Waals surface area contributed by atoms with E-state index in [4.69, 9.17) is 9.72 Å². The Balaban J connectivity index is 1.78. The molecule has 0 aliphatic rings. The number of benzene rings is 2. The Morgan fingerprint density at radius 2 is 1.81 bits per heavy atom. The van der Waals surface area contributed by atoms with Gasteiger partial charge in [-0.1, -0.05) is 45.0 Å². The van der Waals surface area contributed by atoms with Crippen molar-refractivity contribution in [3.8, 4) is 27.6 Å². The fourth-order valence-electron chi connectivity index (χ4n) is 2.34. The first-order chi connectivity index (χ1) is 12.4. The summed E-state index contributed by atoms with van der Waals surface area (Å²) < 4.78 is 5.28. The van der Waals surface area contributed by atoms with Crippen molar-refractivity contribution in [2.75, 3.05) is 12.4 Å². The van der Waals surface area contributed by atoms with Gasteiger partial charge < -0.3 is 10.1 Å². The lowest BCUT2D eigenvalue weighted by Crippen LogP contribution is -2.27. The summed E-state index contributed by atoms with van der Waals surface area (Å²) in [5.41, 5.74) is 3.34. The van der Waals surface area contributed by atoms with Crippen molar-refractivity contribution in [3.63, 3.8) is 0 Å². The number of aromatic nitrogens is 1. The standard InChI is InChI=1S/C21H22N2O2S/c1-21(2,3)20(24)22-16-10-8-14(9-11-16)18-13-26-19(23-18)15-6-5-7-17(12-15)25-4/h5-13H,1-4H3,(H,22,24). The van der Waals surface area contributed by atoms with Crippen molar-refractivity contribution >= 4 is 22.9 Å². The van der Waals surface area contributed by atoms with Crippen molar-refractivity contribution < 1.29 is 9.53 Å². The van der Waals surface area contributed by atoms with Gasteiger partial charge in [0, 0.05) is 27.6 Å². The average molecular weight is 366 g/mol. The van der Waals surface area contributed by atoms with Crippen LogP contribution >= 0.6 is 11.3 Å². The molecule has 0 atom stereocenters. The van der Waals surface area contributed by atoms with Crippen LogP contribution in [0, 0.1) is 5.41 Å². The summed E-state index contributed by atoms with van der Waals surface area (Å²) in [4.78, 5) is 16.8. The van der Waals surface area contributed by atoms with Crippen LogP contribution in [0.1, 0.15) is 20.8 Å². The van der Waals surface area contributed by atoms with E-state index in [-0.39, 0.29) is 5.91 Å². The predicted molar refractivity (Wildman–Crippen MR) is 108 cm³/mol. The van der Waals surface area contributed by atoms with E-state index < -0.39 is 5.41 Å². The molecule has 1 amide bonds. The molecule has 0 saturated carbocycles. The van der Waals surface area contributed by atoms with Gasteiger partial charge in [-0.15, -0.1) is 11.3 Å². The maximum absolute atomic E-state index is 12.1. The topological polar surface area (TPSA) is 51.2 Å². The second kappa shape index (κ2) is 7.30. The fraction of sp³-hybridized carbons (Fsp3) is 0.238. The zero-order chi connectivity index (χ0) is 18.7. The molecule has 0 unspecified atom stereocenters. The van der Waals surface area contributed by atoms with Gasteiger partial charge in [-0.3, -0.25) is 4.79 Å². The zero-order valence-corrected chi connectivity index (χ0v) is 16.2. The molecule has 0 fully saturated rings. The molecule has 1 aromatic heterocycles. The molecule has 0 aliphatic carbocycles. The number of nitrogens with zero attached hydrogens (tertiary/aromatic N) is 1. The number of rotatable bonds is 4. The minimum absolute atomic E-state index is 0.000723. The molecule has 0 saturated heterocycles. The summed E-state index contributed by atoms with van der Waals surface area (Å²) in [5.74, 6) is 0.817. The molecule has 0 radical (unpaired) electrons. The minimum atomic E-state index is -0.417. The van der Waals surface area contributed by atoms with Crippen LogP contribution in [-0.2, 0) is 4.79 Å². The van der Waals surface area contributed by atoms with Crippen molar-refractivity contribution in [1.82, 2.24) is 4.98 Å². The van der Waals surface area contributed by atoms with Crippen LogP contribution in [0.15, 0.2) is 53.9 Å². The number of amides is 1. The third kappa shape index (κ3) is 4.11. The summed E-state index contributed by atoms with van der Waals surface area (Å²) in [6, 6.07) is 15.6. The maximum atomic E-state index is 12.1. The van der Waals surface area contributed by atoms with Gasteiger partial charge in [0.2, 0.25) is 5.91 Å². The van der Waals surface area contributed by atoms with Gasteiger partial charge in [0.15, 0.2) is 0 Å². The number of carbonyl (C=O) groups excluding carboxylic acids is 1. The molecule has 2 aromatic carbocycles. The van der Waals surface area contributed by atoms with Crippen LogP contribution in [0.4, 0.5) is 5.69 Å². The van der Waals surface area contributed by atoms with Crippen molar-refractivity contribution in [2.24, 2.45) is 5.41 Å². The van der Waals surface area contributed by atoms with Crippen LogP contribution in [-0.4, -0.2) is 18.0 Å². The number of ether oxygens (including phenoxy) is 1. The van der Waals surface area contributed by atoms with Crippen LogP contribution in [0.2, 0.25) is 0 Å². The Morgan fingerprint density at radius 3 is 2.46 bits per heavy atom. The lowest BCUT2D eigenvalue weighted by Gasteiger charge is -2.17. The van der Waals surface area contributed by atoms with Gasteiger partial charge in [0.1, 0.15) is 10.8 Å². The molecule has 26 heavy (non-hydrogen) atoms. The summed E-state index contributed by atoms with van der Waals surface area (Å²) in [6.45, 7) is 5.68. The Kier molecular flexibility index (Phi) is 5.09. The van der Waals surface area contributed by atoms with Crippen LogP contribution in [0.5, 0.6) is 5.75 Å². The fourth-order valence-corrected chi connectivity index (χ4v) is 3.16. The van der Waals surface area contributed by atoms with Gasteiger partial charge >= 0.3 is 0 Å². The maximum Gasteiger partial charge on any atom is 0.229 e. The normalized spacial score (nSPS) is 11.2. The minimum Gasteiger partial charge on any atom is -0.497 e. The molecular formula is C21H22N2O2S. The highest BCUT2D eigenvalue weighted by molar-refractivity contribution is 7.13. The van der Waals surface area contributed by atoms with E-state index in [0.29, 0.717) is 0 Å². The second-order valence-corrected chi connectivity index (χ2v) is 7.91. The number of nitrogens with one attached hydrogen (secondary N) is 1. The first kappa shape index (κ1) is 18.1. The molecule has 1 N–H and O–H groups in total. The van der Waals surface area contributed by atoms with E-state index in [1.165, 1.54) is 0 Å². The third-order valence-electron chi connectivity index (χ3n) is 3.94. The van der Waals surface area contributed by atoms with E-state index in [1.54, 1.807) is 18.4 Å². The van der Waals surface area contributed by atoms with Crippen LogP contribution in [0.25, 0.3) is 21.8 Å². The molecular weight excluding hydrogens is 344 g/mol. The molecule has 0 aliphatic heterocycles. The number of anilines is 1. The van der Waals surface area contributed by atoms with Crippen molar-refractivity contribution in [1.29, 1.82) is 0 Å². The predicted octanol–water partition coefficient (Wildman–Crippen LogP) is 5.47. The monoisotopic (exact) mass is 366 g/mol. The zero-order valence-electron chi connectivity index (χ0n) is 15.4. The lowest BCUT2D eigenvalue weighted by atomic mass is 9.95. The summed E-state index contributed by atoms with van der Waals surface area (Å²) >= 11 is 1.60. The van der Waals surface area contributed by atoms with E-state index in [1.807, 2.05) is 74.7 Å². The average Bonchev–Trinajstić information content (AvgIpc) is 3.12. The second-order valence-electron chi connectivity index (χ2n) is 7.05. The Hall–Kier alpha value is -2.66. The number of methoxy groups -OCH3 is 1. The van der Waals surface area contributed by atoms with Crippen LogP contribution in [0.3, 0.4) is 0 Å². The van der Waals surface area contributed by atoms with Gasteiger partial charge in [-0.05, 0) is 24.3 Å². The molecule has 5 heteroatoms. The van der Waals surface area contributed by atoms with E-state index in [0.717, 1.165) is 33.3 Å². The number of carbonyl (C=O) groups is 1. The molecule has 0 bridgehead atoms. The first-order valence-corrected chi connectivity index (χ1v) is 9.26. The van der Waals surface area contributed by atoms with Crippen molar-refractivity contribution in [2.45, 2.75) is 20.8 Å². The molecule has 3 rings (SSSR count). The smallest absolute Gasteiger partial charge is 0.229 e. The Labute approximate surface area is 157 Å².